The molecule has 0 heterocycles. The fourth-order valence-corrected chi connectivity index (χ4v) is 3.05. The van der Waals surface area contributed by atoms with Crippen molar-refractivity contribution < 1.29 is 24.2 Å². The summed E-state index contributed by atoms with van der Waals surface area (Å²) < 4.78 is 13.2. The van der Waals surface area contributed by atoms with Gasteiger partial charge in [0, 0.05) is 0 Å². The van der Waals surface area contributed by atoms with E-state index in [-0.39, 0.29) is 16.7 Å². The average molecular weight is 376 g/mol. The van der Waals surface area contributed by atoms with Gasteiger partial charge in [-0.3, -0.25) is 0 Å². The highest BCUT2D eigenvalue weighted by atomic mass is 19.1. The topological polar surface area (TPSA) is 74.6 Å². The highest BCUT2D eigenvalue weighted by Gasteiger charge is 2.20. The predicted molar refractivity (Wildman–Crippen MR) is 105 cm³/mol. The predicted octanol–water partition coefficient (Wildman–Crippen LogP) is 5.28. The summed E-state index contributed by atoms with van der Waals surface area (Å²) in [7, 11) is 0. The van der Waals surface area contributed by atoms with Crippen LogP contribution in [0.15, 0.2) is 73.3 Å². The lowest BCUT2D eigenvalue weighted by Crippen LogP contribution is -2.06. The minimum absolute atomic E-state index is 0.0270. The van der Waals surface area contributed by atoms with Crippen molar-refractivity contribution in [3.63, 3.8) is 0 Å². The highest BCUT2D eigenvalue weighted by Crippen LogP contribution is 2.33. The first-order valence-electron chi connectivity index (χ1n) is 8.51. The fraction of sp³-hybridized carbons (Fsp3) is 0.0435. The molecule has 0 aliphatic heterocycles. The number of halogens is 1. The van der Waals surface area contributed by atoms with Crippen LogP contribution >= 0.6 is 0 Å². The Morgan fingerprint density at radius 2 is 1.25 bits per heavy atom. The molecular formula is C23H17FO4. The van der Waals surface area contributed by atoms with Crippen LogP contribution in [0.4, 0.5) is 4.39 Å². The van der Waals surface area contributed by atoms with Gasteiger partial charge in [-0.15, -0.1) is 6.58 Å². The second kappa shape index (κ2) is 7.88. The molecule has 0 fully saturated rings. The summed E-state index contributed by atoms with van der Waals surface area (Å²) in [4.78, 5) is 23.7. The molecule has 0 radical (unpaired) electrons. The molecule has 0 saturated heterocycles. The van der Waals surface area contributed by atoms with Gasteiger partial charge in [-0.25, -0.2) is 14.0 Å². The first-order valence-corrected chi connectivity index (χ1v) is 8.51. The fourth-order valence-electron chi connectivity index (χ4n) is 3.05. The third-order valence-electron chi connectivity index (χ3n) is 4.42. The summed E-state index contributed by atoms with van der Waals surface area (Å²) in [5.41, 5.74) is 2.48. The molecule has 0 unspecified atom stereocenters. The molecule has 0 bridgehead atoms. The maximum absolute atomic E-state index is 13.2. The quantitative estimate of drug-likeness (QED) is 0.574. The zero-order valence-corrected chi connectivity index (χ0v) is 14.9. The number of allylic oxidation sites excluding steroid dienone is 1. The number of hydrogen-bond acceptors (Lipinski definition) is 2. The van der Waals surface area contributed by atoms with Gasteiger partial charge in [0.2, 0.25) is 0 Å². The smallest absolute Gasteiger partial charge is 0.336 e. The SMILES string of the molecule is C=CCc1ccc(-c2cc(C(=O)O)c(-c3ccc(F)cc3)cc2C(=O)O)cc1. The van der Waals surface area contributed by atoms with E-state index < -0.39 is 17.8 Å². The van der Waals surface area contributed by atoms with Gasteiger partial charge in [0.15, 0.2) is 0 Å². The first-order chi connectivity index (χ1) is 13.4. The zero-order chi connectivity index (χ0) is 20.3. The lowest BCUT2D eigenvalue weighted by molar-refractivity contribution is 0.0682. The molecule has 28 heavy (non-hydrogen) atoms. The number of aromatic carboxylic acids is 2. The van der Waals surface area contributed by atoms with Crippen molar-refractivity contribution in [3.8, 4) is 22.3 Å². The average Bonchev–Trinajstić information content (AvgIpc) is 2.68. The van der Waals surface area contributed by atoms with Gasteiger partial charge in [0.05, 0.1) is 11.1 Å². The molecule has 5 heteroatoms. The van der Waals surface area contributed by atoms with E-state index in [1.165, 1.54) is 36.4 Å². The van der Waals surface area contributed by atoms with Crippen LogP contribution in [0.1, 0.15) is 26.3 Å². The molecule has 0 spiro atoms. The Bertz CT molecular complexity index is 1050. The van der Waals surface area contributed by atoms with Crippen molar-refractivity contribution in [3.05, 3.63) is 95.8 Å². The van der Waals surface area contributed by atoms with Crippen LogP contribution in [-0.4, -0.2) is 22.2 Å². The molecule has 0 aliphatic carbocycles. The Kier molecular flexibility index (Phi) is 5.36. The Morgan fingerprint density at radius 3 is 1.64 bits per heavy atom. The zero-order valence-electron chi connectivity index (χ0n) is 14.9. The van der Waals surface area contributed by atoms with E-state index in [0.29, 0.717) is 23.1 Å². The lowest BCUT2D eigenvalue weighted by Gasteiger charge is -2.13. The van der Waals surface area contributed by atoms with E-state index in [2.05, 4.69) is 6.58 Å². The van der Waals surface area contributed by atoms with Crippen LogP contribution in [-0.2, 0) is 6.42 Å². The van der Waals surface area contributed by atoms with E-state index in [1.54, 1.807) is 18.2 Å². The second-order valence-corrected chi connectivity index (χ2v) is 6.25. The number of carboxylic acids is 2. The molecule has 0 saturated carbocycles. The van der Waals surface area contributed by atoms with Crippen molar-refractivity contribution in [2.45, 2.75) is 6.42 Å². The van der Waals surface area contributed by atoms with Gasteiger partial charge in [0.25, 0.3) is 0 Å². The lowest BCUT2D eigenvalue weighted by atomic mass is 9.90. The van der Waals surface area contributed by atoms with Crippen LogP contribution in [0.25, 0.3) is 22.3 Å². The monoisotopic (exact) mass is 376 g/mol. The van der Waals surface area contributed by atoms with Gasteiger partial charge < -0.3 is 10.2 Å². The summed E-state index contributed by atoms with van der Waals surface area (Å²) in [6.45, 7) is 3.68. The molecule has 3 aromatic rings. The van der Waals surface area contributed by atoms with Crippen molar-refractivity contribution >= 4 is 11.9 Å². The molecule has 140 valence electrons. The highest BCUT2D eigenvalue weighted by molar-refractivity contribution is 6.04. The summed E-state index contributed by atoms with van der Waals surface area (Å²) in [5.74, 6) is -2.83. The second-order valence-electron chi connectivity index (χ2n) is 6.25. The number of carboxylic acid groups (broad SMARTS) is 2. The standard InChI is InChI=1S/C23H17FO4/c1-2-3-14-4-6-15(7-5-14)18-12-21(23(27)28)19(13-20(18)22(25)26)16-8-10-17(24)11-9-16/h2,4-13H,1,3H2,(H,25,26)(H,27,28). The molecule has 4 nitrogen and oxygen atoms in total. The molecule has 2 N–H and O–H groups in total. The van der Waals surface area contributed by atoms with Crippen molar-refractivity contribution in [1.29, 1.82) is 0 Å². The van der Waals surface area contributed by atoms with E-state index in [1.807, 2.05) is 12.1 Å². The summed E-state index contributed by atoms with van der Waals surface area (Å²) in [6.07, 6.45) is 2.44. The minimum Gasteiger partial charge on any atom is -0.478 e. The van der Waals surface area contributed by atoms with Crippen LogP contribution in [0, 0.1) is 5.82 Å². The maximum Gasteiger partial charge on any atom is 0.336 e. The van der Waals surface area contributed by atoms with Crippen molar-refractivity contribution in [2.75, 3.05) is 0 Å². The van der Waals surface area contributed by atoms with Crippen LogP contribution in [0.3, 0.4) is 0 Å². The normalized spacial score (nSPS) is 10.5. The number of carbonyl (C=O) groups is 2. The van der Waals surface area contributed by atoms with E-state index >= 15 is 0 Å². The van der Waals surface area contributed by atoms with Gasteiger partial charge >= 0.3 is 11.9 Å². The van der Waals surface area contributed by atoms with Gasteiger partial charge in [-0.1, -0.05) is 42.5 Å². The Balaban J connectivity index is 2.21. The van der Waals surface area contributed by atoms with E-state index in [4.69, 9.17) is 0 Å². The molecule has 0 amide bonds. The van der Waals surface area contributed by atoms with Crippen LogP contribution in [0.2, 0.25) is 0 Å². The number of rotatable bonds is 6. The van der Waals surface area contributed by atoms with Crippen molar-refractivity contribution in [2.24, 2.45) is 0 Å². The third-order valence-corrected chi connectivity index (χ3v) is 4.42. The molecule has 0 aromatic heterocycles. The molecule has 3 rings (SSSR count). The number of benzene rings is 3. The largest absolute Gasteiger partial charge is 0.478 e. The Morgan fingerprint density at radius 1 is 0.821 bits per heavy atom. The maximum atomic E-state index is 13.2. The van der Waals surface area contributed by atoms with Crippen LogP contribution < -0.4 is 0 Å². The summed E-state index contributed by atoms with van der Waals surface area (Å²) >= 11 is 0. The minimum atomic E-state index is -1.19. The summed E-state index contributed by atoms with van der Waals surface area (Å²) in [6, 6.07) is 15.1. The van der Waals surface area contributed by atoms with E-state index in [0.717, 1.165) is 5.56 Å². The molecule has 0 aliphatic rings. The number of hydrogen-bond donors (Lipinski definition) is 2. The van der Waals surface area contributed by atoms with E-state index in [9.17, 15) is 24.2 Å². The molecule has 3 aromatic carbocycles. The van der Waals surface area contributed by atoms with Gasteiger partial charge in [-0.05, 0) is 58.5 Å². The van der Waals surface area contributed by atoms with Gasteiger partial charge in [-0.2, -0.15) is 0 Å². The molecular weight excluding hydrogens is 359 g/mol. The summed E-state index contributed by atoms with van der Waals surface area (Å²) in [5, 5.41) is 19.4. The third kappa shape index (κ3) is 3.83. The van der Waals surface area contributed by atoms with Crippen molar-refractivity contribution in [1.82, 2.24) is 0 Å². The first kappa shape index (κ1) is 19.0. The Hall–Kier alpha value is -3.73. The van der Waals surface area contributed by atoms with Gasteiger partial charge in [0.1, 0.15) is 5.82 Å². The van der Waals surface area contributed by atoms with Crippen LogP contribution in [0.5, 0.6) is 0 Å². The Labute approximate surface area is 161 Å². The molecule has 0 atom stereocenters.